The Morgan fingerprint density at radius 2 is 2.10 bits per heavy atom. The summed E-state index contributed by atoms with van der Waals surface area (Å²) in [5.41, 5.74) is -1.12. The highest BCUT2D eigenvalue weighted by Crippen LogP contribution is 2.19. The molecule has 0 saturated carbocycles. The Hall–Kier alpha value is -1.47. The molecule has 0 aliphatic heterocycles. The van der Waals surface area contributed by atoms with Gasteiger partial charge in [-0.3, -0.25) is 14.9 Å². The molecule has 7 heteroatoms. The fourth-order valence-electron chi connectivity index (χ4n) is 1.83. The minimum atomic E-state index is -1.18. The number of amides is 1. The zero-order valence-electron chi connectivity index (χ0n) is 11.9. The maximum absolute atomic E-state index is 13.6. The highest BCUT2D eigenvalue weighted by molar-refractivity contribution is 9.10. The molecule has 1 atom stereocenters. The number of carbonyl (C=O) groups is 2. The first-order valence-electron chi connectivity index (χ1n) is 6.52. The Kier molecular flexibility index (Phi) is 6.29. The van der Waals surface area contributed by atoms with E-state index in [-0.39, 0.29) is 12.2 Å². The second-order valence-corrected chi connectivity index (χ2v) is 5.83. The number of carbonyl (C=O) groups excluding carboxylic acids is 1. The van der Waals surface area contributed by atoms with Gasteiger partial charge in [0.05, 0.1) is 12.2 Å². The maximum Gasteiger partial charge on any atom is 0.323 e. The van der Waals surface area contributed by atoms with Gasteiger partial charge in [-0.05, 0) is 31.5 Å². The third-order valence-electron chi connectivity index (χ3n) is 3.07. The van der Waals surface area contributed by atoms with Crippen molar-refractivity contribution in [3.05, 3.63) is 28.5 Å². The number of carboxylic acids is 1. The van der Waals surface area contributed by atoms with Gasteiger partial charge >= 0.3 is 5.97 Å². The smallest absolute Gasteiger partial charge is 0.323 e. The fraction of sp³-hybridized carbons (Fsp3) is 0.429. The number of aliphatic carboxylic acids is 1. The van der Waals surface area contributed by atoms with E-state index in [4.69, 9.17) is 0 Å². The predicted molar refractivity (Wildman–Crippen MR) is 81.7 cm³/mol. The van der Waals surface area contributed by atoms with E-state index in [0.717, 1.165) is 0 Å². The number of nitrogens with one attached hydrogen (secondary N) is 2. The molecule has 0 aromatic heterocycles. The summed E-state index contributed by atoms with van der Waals surface area (Å²) in [6, 6.07) is 4.27. The van der Waals surface area contributed by atoms with Crippen LogP contribution in [0.2, 0.25) is 0 Å². The molecule has 0 saturated heterocycles. The van der Waals surface area contributed by atoms with Gasteiger partial charge in [0.2, 0.25) is 5.91 Å². The molecule has 116 valence electrons. The van der Waals surface area contributed by atoms with E-state index in [9.17, 15) is 19.1 Å². The molecule has 5 nitrogen and oxygen atoms in total. The van der Waals surface area contributed by atoms with Gasteiger partial charge in [0, 0.05) is 4.47 Å². The molecular formula is C14H18BrFN2O3. The Morgan fingerprint density at radius 3 is 2.62 bits per heavy atom. The normalized spacial score (nSPS) is 13.5. The summed E-state index contributed by atoms with van der Waals surface area (Å²) in [5.74, 6) is -2.08. The molecular weight excluding hydrogens is 343 g/mol. The van der Waals surface area contributed by atoms with Crippen LogP contribution in [-0.4, -0.2) is 29.1 Å². The van der Waals surface area contributed by atoms with E-state index in [1.807, 2.05) is 6.92 Å². The summed E-state index contributed by atoms with van der Waals surface area (Å²) in [5, 5.41) is 14.3. The summed E-state index contributed by atoms with van der Waals surface area (Å²) in [4.78, 5) is 23.0. The first-order valence-corrected chi connectivity index (χ1v) is 7.31. The minimum Gasteiger partial charge on any atom is -0.480 e. The number of anilines is 1. The summed E-state index contributed by atoms with van der Waals surface area (Å²) in [6.45, 7) is 3.17. The van der Waals surface area contributed by atoms with Crippen molar-refractivity contribution in [2.45, 2.75) is 32.2 Å². The molecule has 1 unspecified atom stereocenters. The van der Waals surface area contributed by atoms with Crippen LogP contribution in [0.4, 0.5) is 10.1 Å². The first kappa shape index (κ1) is 17.6. The highest BCUT2D eigenvalue weighted by Gasteiger charge is 2.31. The minimum absolute atomic E-state index is 0.0533. The van der Waals surface area contributed by atoms with Crippen LogP contribution in [0.25, 0.3) is 0 Å². The van der Waals surface area contributed by atoms with Gasteiger partial charge in [-0.15, -0.1) is 0 Å². The molecule has 0 heterocycles. The van der Waals surface area contributed by atoms with Crippen LogP contribution >= 0.6 is 15.9 Å². The van der Waals surface area contributed by atoms with Gasteiger partial charge < -0.3 is 10.4 Å². The Bertz CT molecular complexity index is 539. The van der Waals surface area contributed by atoms with Crippen molar-refractivity contribution in [2.24, 2.45) is 0 Å². The molecule has 0 radical (unpaired) electrons. The monoisotopic (exact) mass is 360 g/mol. The zero-order valence-corrected chi connectivity index (χ0v) is 13.5. The van der Waals surface area contributed by atoms with Crippen molar-refractivity contribution >= 4 is 33.5 Å². The first-order chi connectivity index (χ1) is 9.78. The lowest BCUT2D eigenvalue weighted by molar-refractivity contribution is -0.144. The van der Waals surface area contributed by atoms with E-state index in [2.05, 4.69) is 26.6 Å². The molecule has 0 aliphatic carbocycles. The second kappa shape index (κ2) is 7.51. The molecule has 0 aliphatic rings. The predicted octanol–water partition coefficient (Wildman–Crippen LogP) is 2.76. The lowest BCUT2D eigenvalue weighted by atomic mass is 9.96. The summed E-state index contributed by atoms with van der Waals surface area (Å²) < 4.78 is 14.1. The quantitative estimate of drug-likeness (QED) is 0.698. The Labute approximate surface area is 131 Å². The van der Waals surface area contributed by atoms with E-state index in [1.54, 1.807) is 6.07 Å². The van der Waals surface area contributed by atoms with Gasteiger partial charge in [-0.2, -0.15) is 0 Å². The van der Waals surface area contributed by atoms with E-state index in [0.29, 0.717) is 17.3 Å². The van der Waals surface area contributed by atoms with Crippen molar-refractivity contribution in [3.63, 3.8) is 0 Å². The molecule has 0 spiro atoms. The largest absolute Gasteiger partial charge is 0.480 e. The summed E-state index contributed by atoms with van der Waals surface area (Å²) in [7, 11) is 0. The topological polar surface area (TPSA) is 78.4 Å². The van der Waals surface area contributed by atoms with Crippen LogP contribution in [0, 0.1) is 5.82 Å². The lowest BCUT2D eigenvalue weighted by Crippen LogP contribution is -2.51. The van der Waals surface area contributed by atoms with E-state index < -0.39 is 23.2 Å². The highest BCUT2D eigenvalue weighted by atomic mass is 79.9. The van der Waals surface area contributed by atoms with Gasteiger partial charge in [0.1, 0.15) is 11.4 Å². The number of hydrogen-bond acceptors (Lipinski definition) is 3. The van der Waals surface area contributed by atoms with Crippen molar-refractivity contribution in [3.8, 4) is 0 Å². The standard InChI is InChI=1S/C14H18BrFN2O3/c1-3-6-14(2,13(20)21)17-8-12(19)18-11-5-4-9(15)7-10(11)16/h4-5,7,17H,3,6,8H2,1-2H3,(H,18,19)(H,20,21). The maximum atomic E-state index is 13.6. The van der Waals surface area contributed by atoms with Crippen LogP contribution < -0.4 is 10.6 Å². The molecule has 0 fully saturated rings. The molecule has 1 rings (SSSR count). The van der Waals surface area contributed by atoms with Gasteiger partial charge in [0.15, 0.2) is 0 Å². The van der Waals surface area contributed by atoms with Crippen LogP contribution in [0.3, 0.4) is 0 Å². The third kappa shape index (κ3) is 5.09. The summed E-state index contributed by atoms with van der Waals surface area (Å²) >= 11 is 3.12. The fourth-order valence-corrected chi connectivity index (χ4v) is 2.16. The van der Waals surface area contributed by atoms with Gasteiger partial charge in [-0.25, -0.2) is 4.39 Å². The SMILES string of the molecule is CCCC(C)(NCC(=O)Nc1ccc(Br)cc1F)C(=O)O. The molecule has 3 N–H and O–H groups in total. The van der Waals surface area contributed by atoms with Crippen LogP contribution in [0.15, 0.2) is 22.7 Å². The average Bonchev–Trinajstić information content (AvgIpc) is 2.40. The molecule has 1 aromatic carbocycles. The Morgan fingerprint density at radius 1 is 1.43 bits per heavy atom. The van der Waals surface area contributed by atoms with Crippen molar-refractivity contribution in [1.82, 2.24) is 5.32 Å². The van der Waals surface area contributed by atoms with E-state index in [1.165, 1.54) is 19.1 Å². The number of benzene rings is 1. The van der Waals surface area contributed by atoms with Crippen LogP contribution in [0.5, 0.6) is 0 Å². The number of hydrogen-bond donors (Lipinski definition) is 3. The van der Waals surface area contributed by atoms with E-state index >= 15 is 0 Å². The van der Waals surface area contributed by atoms with Gasteiger partial charge in [0.25, 0.3) is 0 Å². The molecule has 1 aromatic rings. The third-order valence-corrected chi connectivity index (χ3v) is 3.56. The van der Waals surface area contributed by atoms with Crippen LogP contribution in [-0.2, 0) is 9.59 Å². The van der Waals surface area contributed by atoms with Crippen molar-refractivity contribution in [1.29, 1.82) is 0 Å². The number of carboxylic acid groups (broad SMARTS) is 1. The zero-order chi connectivity index (χ0) is 16.0. The molecule has 0 bridgehead atoms. The Balaban J connectivity index is 2.63. The van der Waals surface area contributed by atoms with Crippen molar-refractivity contribution in [2.75, 3.05) is 11.9 Å². The molecule has 21 heavy (non-hydrogen) atoms. The second-order valence-electron chi connectivity index (χ2n) is 4.91. The van der Waals surface area contributed by atoms with Crippen LogP contribution in [0.1, 0.15) is 26.7 Å². The average molecular weight is 361 g/mol. The number of halogens is 2. The van der Waals surface area contributed by atoms with Gasteiger partial charge in [-0.1, -0.05) is 29.3 Å². The summed E-state index contributed by atoms with van der Waals surface area (Å²) in [6.07, 6.45) is 1.06. The molecule has 1 amide bonds. The lowest BCUT2D eigenvalue weighted by Gasteiger charge is -2.25. The number of rotatable bonds is 7. The van der Waals surface area contributed by atoms with Crippen molar-refractivity contribution < 1.29 is 19.1 Å².